The lowest BCUT2D eigenvalue weighted by molar-refractivity contribution is -0.125. The lowest BCUT2D eigenvalue weighted by Gasteiger charge is -2.27. The fourth-order valence-electron chi connectivity index (χ4n) is 3.16. The standard InChI is InChI=1S/C17H25NO2/c1-10-8-12-13(11(2)14(10)19)17(6,7)9-18(12)15(20)16(3,4)5/h8,19H,9H2,1-7H3. The topological polar surface area (TPSA) is 40.5 Å². The van der Waals surface area contributed by atoms with Crippen molar-refractivity contribution in [1.29, 1.82) is 0 Å². The maximum Gasteiger partial charge on any atom is 0.232 e. The second-order valence-corrected chi connectivity index (χ2v) is 7.59. The second kappa shape index (κ2) is 4.24. The summed E-state index contributed by atoms with van der Waals surface area (Å²) >= 11 is 0. The molecule has 0 spiro atoms. The molecule has 1 aliphatic heterocycles. The Hall–Kier alpha value is -1.51. The summed E-state index contributed by atoms with van der Waals surface area (Å²) in [5, 5.41) is 10.2. The molecule has 1 heterocycles. The van der Waals surface area contributed by atoms with E-state index >= 15 is 0 Å². The van der Waals surface area contributed by atoms with Crippen LogP contribution in [0.15, 0.2) is 6.07 Å². The molecule has 0 bridgehead atoms. The molecule has 20 heavy (non-hydrogen) atoms. The van der Waals surface area contributed by atoms with Gasteiger partial charge in [-0.25, -0.2) is 0 Å². The predicted octanol–water partition coefficient (Wildman–Crippen LogP) is 3.68. The largest absolute Gasteiger partial charge is 0.507 e. The van der Waals surface area contributed by atoms with Gasteiger partial charge in [-0.05, 0) is 36.6 Å². The number of aryl methyl sites for hydroxylation is 1. The number of anilines is 1. The number of rotatable bonds is 0. The van der Waals surface area contributed by atoms with Gasteiger partial charge in [0.05, 0.1) is 0 Å². The Morgan fingerprint density at radius 2 is 1.85 bits per heavy atom. The van der Waals surface area contributed by atoms with E-state index in [1.54, 1.807) is 0 Å². The number of nitrogens with zero attached hydrogens (tertiary/aromatic N) is 1. The van der Waals surface area contributed by atoms with Crippen LogP contribution in [0.4, 0.5) is 5.69 Å². The summed E-state index contributed by atoms with van der Waals surface area (Å²) in [6, 6.07) is 1.94. The summed E-state index contributed by atoms with van der Waals surface area (Å²) in [4.78, 5) is 14.6. The molecule has 0 aliphatic carbocycles. The number of phenolic OH excluding ortho intramolecular Hbond substituents is 1. The molecule has 0 atom stereocenters. The van der Waals surface area contributed by atoms with Gasteiger partial charge in [0.25, 0.3) is 0 Å². The monoisotopic (exact) mass is 275 g/mol. The van der Waals surface area contributed by atoms with Crippen LogP contribution in [0.3, 0.4) is 0 Å². The van der Waals surface area contributed by atoms with E-state index in [0.29, 0.717) is 12.3 Å². The van der Waals surface area contributed by atoms with E-state index in [9.17, 15) is 9.90 Å². The van der Waals surface area contributed by atoms with E-state index in [4.69, 9.17) is 0 Å². The molecule has 0 aromatic heterocycles. The van der Waals surface area contributed by atoms with E-state index < -0.39 is 5.41 Å². The highest BCUT2D eigenvalue weighted by Gasteiger charge is 2.42. The van der Waals surface area contributed by atoms with Crippen LogP contribution in [0.1, 0.15) is 51.3 Å². The molecular weight excluding hydrogens is 250 g/mol. The normalized spacial score (nSPS) is 17.2. The summed E-state index contributed by atoms with van der Waals surface area (Å²) in [5.41, 5.74) is 3.24. The fourth-order valence-corrected chi connectivity index (χ4v) is 3.16. The van der Waals surface area contributed by atoms with Gasteiger partial charge in [0.1, 0.15) is 5.75 Å². The minimum Gasteiger partial charge on any atom is -0.507 e. The van der Waals surface area contributed by atoms with E-state index in [0.717, 1.165) is 22.4 Å². The molecule has 1 amide bonds. The zero-order valence-electron chi connectivity index (χ0n) is 13.6. The third kappa shape index (κ3) is 2.09. The van der Waals surface area contributed by atoms with Gasteiger partial charge >= 0.3 is 0 Å². The molecule has 110 valence electrons. The SMILES string of the molecule is Cc1cc2c(c(C)c1O)C(C)(C)CN2C(=O)C(C)(C)C. The van der Waals surface area contributed by atoms with Crippen LogP contribution in [0, 0.1) is 19.3 Å². The quantitative estimate of drug-likeness (QED) is 0.784. The van der Waals surface area contributed by atoms with Crippen molar-refractivity contribution < 1.29 is 9.90 Å². The highest BCUT2D eigenvalue weighted by atomic mass is 16.3. The Kier molecular flexibility index (Phi) is 3.16. The van der Waals surface area contributed by atoms with Gasteiger partial charge in [0.2, 0.25) is 5.91 Å². The lowest BCUT2D eigenvalue weighted by Crippen LogP contribution is -2.40. The van der Waals surface area contributed by atoms with E-state index in [-0.39, 0.29) is 11.3 Å². The first-order valence-electron chi connectivity index (χ1n) is 7.12. The van der Waals surface area contributed by atoms with Crippen LogP contribution in [-0.2, 0) is 10.2 Å². The summed E-state index contributed by atoms with van der Waals surface area (Å²) in [5.74, 6) is 0.482. The van der Waals surface area contributed by atoms with Crippen molar-refractivity contribution in [3.8, 4) is 5.75 Å². The Labute approximate surface area is 121 Å². The first kappa shape index (κ1) is 14.9. The van der Waals surface area contributed by atoms with Gasteiger partial charge in [0.15, 0.2) is 0 Å². The van der Waals surface area contributed by atoms with Gasteiger partial charge in [-0.3, -0.25) is 4.79 Å². The summed E-state index contributed by atoms with van der Waals surface area (Å²) < 4.78 is 0. The van der Waals surface area contributed by atoms with Gasteiger partial charge in [-0.1, -0.05) is 34.6 Å². The van der Waals surface area contributed by atoms with Gasteiger partial charge in [-0.2, -0.15) is 0 Å². The number of hydrogen-bond acceptors (Lipinski definition) is 2. The Bertz CT molecular complexity index is 580. The van der Waals surface area contributed by atoms with E-state index in [1.165, 1.54) is 0 Å². The lowest BCUT2D eigenvalue weighted by atomic mass is 9.83. The van der Waals surface area contributed by atoms with Gasteiger partial charge in [-0.15, -0.1) is 0 Å². The summed E-state index contributed by atoms with van der Waals surface area (Å²) in [6.45, 7) is 14.6. The second-order valence-electron chi connectivity index (χ2n) is 7.59. The average Bonchev–Trinajstić information content (AvgIpc) is 2.55. The Balaban J connectivity index is 2.66. The molecule has 0 radical (unpaired) electrons. The van der Waals surface area contributed by atoms with Gasteiger partial charge < -0.3 is 10.0 Å². The number of phenols is 1. The molecule has 2 rings (SSSR count). The molecule has 0 unspecified atom stereocenters. The maximum absolute atomic E-state index is 12.7. The molecule has 1 N–H and O–H groups in total. The van der Waals surface area contributed by atoms with Crippen molar-refractivity contribution in [3.63, 3.8) is 0 Å². The van der Waals surface area contributed by atoms with Crippen LogP contribution in [0.2, 0.25) is 0 Å². The van der Waals surface area contributed by atoms with Crippen molar-refractivity contribution in [2.24, 2.45) is 5.41 Å². The van der Waals surface area contributed by atoms with Crippen molar-refractivity contribution >= 4 is 11.6 Å². The fraction of sp³-hybridized carbons (Fsp3) is 0.588. The van der Waals surface area contributed by atoms with Crippen LogP contribution < -0.4 is 4.90 Å². The molecule has 1 aromatic carbocycles. The molecule has 3 heteroatoms. The predicted molar refractivity (Wildman–Crippen MR) is 82.4 cm³/mol. The smallest absolute Gasteiger partial charge is 0.232 e. The number of benzene rings is 1. The summed E-state index contributed by atoms with van der Waals surface area (Å²) in [7, 11) is 0. The molecule has 1 aromatic rings. The molecule has 0 saturated carbocycles. The number of fused-ring (bicyclic) bond motifs is 1. The van der Waals surface area contributed by atoms with Gasteiger partial charge in [0, 0.05) is 23.1 Å². The first-order valence-corrected chi connectivity index (χ1v) is 7.12. The first-order chi connectivity index (χ1) is 8.97. The number of aromatic hydroxyl groups is 1. The van der Waals surface area contributed by atoms with Crippen LogP contribution in [0.25, 0.3) is 0 Å². The van der Waals surface area contributed by atoms with Crippen LogP contribution in [0.5, 0.6) is 5.75 Å². The molecular formula is C17H25NO2. The molecule has 1 aliphatic rings. The highest BCUT2D eigenvalue weighted by molar-refractivity contribution is 6.00. The number of amides is 1. The minimum absolute atomic E-state index is 0.133. The maximum atomic E-state index is 12.7. The molecule has 0 fully saturated rings. The van der Waals surface area contributed by atoms with Crippen LogP contribution >= 0.6 is 0 Å². The van der Waals surface area contributed by atoms with Crippen molar-refractivity contribution in [3.05, 3.63) is 22.8 Å². The third-order valence-electron chi connectivity index (χ3n) is 4.12. The zero-order chi connectivity index (χ0) is 15.5. The molecule has 3 nitrogen and oxygen atoms in total. The minimum atomic E-state index is -0.405. The van der Waals surface area contributed by atoms with Crippen molar-refractivity contribution in [1.82, 2.24) is 0 Å². The molecule has 0 saturated heterocycles. The summed E-state index contributed by atoms with van der Waals surface area (Å²) in [6.07, 6.45) is 0. The average molecular weight is 275 g/mol. The third-order valence-corrected chi connectivity index (χ3v) is 4.12. The van der Waals surface area contributed by atoms with Crippen molar-refractivity contribution in [2.75, 3.05) is 11.4 Å². The zero-order valence-corrected chi connectivity index (χ0v) is 13.6. The van der Waals surface area contributed by atoms with Crippen LogP contribution in [-0.4, -0.2) is 17.6 Å². The van der Waals surface area contributed by atoms with Crippen molar-refractivity contribution in [2.45, 2.75) is 53.9 Å². The Morgan fingerprint density at radius 3 is 2.35 bits per heavy atom. The number of carbonyl (C=O) groups is 1. The highest BCUT2D eigenvalue weighted by Crippen LogP contribution is 2.47. The number of carbonyl (C=O) groups excluding carboxylic acids is 1. The van der Waals surface area contributed by atoms with E-state index in [2.05, 4.69) is 13.8 Å². The Morgan fingerprint density at radius 1 is 1.30 bits per heavy atom. The van der Waals surface area contributed by atoms with E-state index in [1.807, 2.05) is 45.6 Å². The number of hydrogen-bond donors (Lipinski definition) is 1.